The third-order valence-corrected chi connectivity index (χ3v) is 4.94. The zero-order valence-corrected chi connectivity index (χ0v) is 12.5. The third kappa shape index (κ3) is 2.89. The summed E-state index contributed by atoms with van der Waals surface area (Å²) in [6.07, 6.45) is 6.82. The molecule has 0 unspecified atom stereocenters. The monoisotopic (exact) mass is 277 g/mol. The van der Waals surface area contributed by atoms with E-state index in [-0.39, 0.29) is 0 Å². The van der Waals surface area contributed by atoms with E-state index in [0.717, 1.165) is 18.5 Å². The highest BCUT2D eigenvalue weighted by Crippen LogP contribution is 2.41. The Labute approximate surface area is 127 Å². The number of hydrogen-bond donors (Lipinski definition) is 1. The van der Waals surface area contributed by atoms with Gasteiger partial charge in [0.15, 0.2) is 0 Å². The number of rotatable bonds is 5. The van der Waals surface area contributed by atoms with Crippen molar-refractivity contribution in [3.63, 3.8) is 0 Å². The van der Waals surface area contributed by atoms with Gasteiger partial charge >= 0.3 is 0 Å². The molecule has 0 radical (unpaired) electrons. The molecule has 0 aromatic heterocycles. The Morgan fingerprint density at radius 1 is 0.857 bits per heavy atom. The van der Waals surface area contributed by atoms with Gasteiger partial charge in [-0.25, -0.2) is 0 Å². The Kier molecular flexibility index (Phi) is 3.52. The van der Waals surface area contributed by atoms with E-state index in [4.69, 9.17) is 0 Å². The molecule has 1 nitrogen and oxygen atoms in total. The first-order chi connectivity index (χ1) is 10.4. The predicted octanol–water partition coefficient (Wildman–Crippen LogP) is 4.87. The van der Waals surface area contributed by atoms with E-state index in [0.29, 0.717) is 0 Å². The molecule has 1 heteroatoms. The van der Waals surface area contributed by atoms with Crippen LogP contribution in [0.2, 0.25) is 0 Å². The molecule has 2 fully saturated rings. The van der Waals surface area contributed by atoms with E-state index in [1.807, 2.05) is 0 Å². The lowest BCUT2D eigenvalue weighted by molar-refractivity contribution is 0.420. The average Bonchev–Trinajstić information content (AvgIpc) is 3.29. The van der Waals surface area contributed by atoms with E-state index in [1.165, 1.54) is 48.8 Å². The van der Waals surface area contributed by atoms with Crippen LogP contribution in [-0.2, 0) is 6.54 Å². The van der Waals surface area contributed by atoms with Gasteiger partial charge in [0.25, 0.3) is 0 Å². The average molecular weight is 277 g/mol. The molecule has 0 aliphatic heterocycles. The van der Waals surface area contributed by atoms with Crippen molar-refractivity contribution < 1.29 is 0 Å². The first kappa shape index (κ1) is 13.1. The Morgan fingerprint density at radius 3 is 2.29 bits per heavy atom. The predicted molar refractivity (Wildman–Crippen MR) is 88.3 cm³/mol. The molecular weight excluding hydrogens is 254 g/mol. The van der Waals surface area contributed by atoms with Crippen LogP contribution >= 0.6 is 0 Å². The van der Waals surface area contributed by atoms with Gasteiger partial charge in [-0.2, -0.15) is 0 Å². The molecule has 21 heavy (non-hydrogen) atoms. The zero-order valence-electron chi connectivity index (χ0n) is 12.5. The summed E-state index contributed by atoms with van der Waals surface area (Å²) in [5.41, 5.74) is 5.75. The molecule has 4 rings (SSSR count). The molecule has 2 aromatic rings. The molecule has 0 spiro atoms. The van der Waals surface area contributed by atoms with Gasteiger partial charge in [0.1, 0.15) is 0 Å². The minimum atomic E-state index is 0.781. The maximum absolute atomic E-state index is 3.58. The van der Waals surface area contributed by atoms with Crippen LogP contribution in [0.15, 0.2) is 48.5 Å². The van der Waals surface area contributed by atoms with Gasteiger partial charge in [-0.3, -0.25) is 0 Å². The van der Waals surface area contributed by atoms with E-state index in [1.54, 1.807) is 5.56 Å². The van der Waals surface area contributed by atoms with E-state index in [9.17, 15) is 0 Å². The van der Waals surface area contributed by atoms with Gasteiger partial charge in [0, 0.05) is 12.6 Å². The first-order valence-corrected chi connectivity index (χ1v) is 8.32. The molecule has 0 bridgehead atoms. The lowest BCUT2D eigenvalue weighted by Crippen LogP contribution is -2.15. The van der Waals surface area contributed by atoms with Crippen molar-refractivity contribution in [2.45, 2.75) is 50.6 Å². The molecule has 2 aromatic carbocycles. The molecule has 2 aliphatic rings. The summed E-state index contributed by atoms with van der Waals surface area (Å²) in [6, 6.07) is 18.9. The summed E-state index contributed by atoms with van der Waals surface area (Å²) in [7, 11) is 0. The number of hydrogen-bond acceptors (Lipinski definition) is 1. The van der Waals surface area contributed by atoms with Gasteiger partial charge in [0.2, 0.25) is 0 Å². The van der Waals surface area contributed by atoms with Gasteiger partial charge in [0.05, 0.1) is 0 Å². The lowest BCUT2D eigenvalue weighted by Gasteiger charge is -2.28. The van der Waals surface area contributed by atoms with Gasteiger partial charge < -0.3 is 5.32 Å². The second kappa shape index (κ2) is 5.65. The van der Waals surface area contributed by atoms with E-state index < -0.39 is 0 Å². The summed E-state index contributed by atoms with van der Waals surface area (Å²) in [4.78, 5) is 0. The van der Waals surface area contributed by atoms with Crippen LogP contribution < -0.4 is 5.32 Å². The summed E-state index contributed by atoms with van der Waals surface area (Å²) >= 11 is 0. The first-order valence-electron chi connectivity index (χ1n) is 8.32. The fourth-order valence-corrected chi connectivity index (χ4v) is 3.19. The van der Waals surface area contributed by atoms with Crippen molar-refractivity contribution in [1.29, 1.82) is 0 Å². The molecular formula is C20H23N. The van der Waals surface area contributed by atoms with Crippen molar-refractivity contribution in [2.24, 2.45) is 0 Å². The maximum Gasteiger partial charge on any atom is 0.0208 e. The maximum atomic E-state index is 3.58. The van der Waals surface area contributed by atoms with Gasteiger partial charge in [-0.05, 0) is 53.9 Å². The molecule has 108 valence electrons. The van der Waals surface area contributed by atoms with Crippen LogP contribution in [0.3, 0.4) is 0 Å². The van der Waals surface area contributed by atoms with Crippen molar-refractivity contribution in [2.75, 3.05) is 0 Å². The van der Waals surface area contributed by atoms with Crippen LogP contribution in [0.25, 0.3) is 11.1 Å². The van der Waals surface area contributed by atoms with Gasteiger partial charge in [-0.1, -0.05) is 55.0 Å². The van der Waals surface area contributed by atoms with Crippen molar-refractivity contribution in [1.82, 2.24) is 5.32 Å². The highest BCUT2D eigenvalue weighted by Gasteiger charge is 2.22. The summed E-state index contributed by atoms with van der Waals surface area (Å²) < 4.78 is 0. The smallest absolute Gasteiger partial charge is 0.0208 e. The lowest BCUT2D eigenvalue weighted by atomic mass is 9.77. The Bertz CT molecular complexity index is 606. The second-order valence-corrected chi connectivity index (χ2v) is 6.57. The zero-order chi connectivity index (χ0) is 14.1. The van der Waals surface area contributed by atoms with Crippen LogP contribution in [-0.4, -0.2) is 6.04 Å². The fourth-order valence-electron chi connectivity index (χ4n) is 3.19. The minimum Gasteiger partial charge on any atom is -0.310 e. The van der Waals surface area contributed by atoms with Crippen LogP contribution in [0.1, 0.15) is 49.1 Å². The van der Waals surface area contributed by atoms with Crippen LogP contribution in [0.5, 0.6) is 0 Å². The second-order valence-electron chi connectivity index (χ2n) is 6.57. The van der Waals surface area contributed by atoms with Crippen molar-refractivity contribution in [3.05, 3.63) is 59.7 Å². The largest absolute Gasteiger partial charge is 0.310 e. The summed E-state index contributed by atoms with van der Waals surface area (Å²) in [5.74, 6) is 0.789. The standard InChI is InChI=1S/C20H23N/c1-2-7-20(19(6-1)16-4-3-5-16)17-10-8-15(9-11-17)14-21-18-12-13-18/h1-2,6-11,16,18,21H,3-5,12-14H2. The third-order valence-electron chi connectivity index (χ3n) is 4.94. The normalized spacial score (nSPS) is 18.5. The Balaban J connectivity index is 1.55. The topological polar surface area (TPSA) is 12.0 Å². The fraction of sp³-hybridized carbons (Fsp3) is 0.400. The number of nitrogens with one attached hydrogen (secondary N) is 1. The van der Waals surface area contributed by atoms with Crippen LogP contribution in [0, 0.1) is 0 Å². The molecule has 1 N–H and O–H groups in total. The summed E-state index contributed by atoms with van der Waals surface area (Å²) in [5, 5.41) is 3.58. The quantitative estimate of drug-likeness (QED) is 0.822. The highest BCUT2D eigenvalue weighted by atomic mass is 14.9. The molecule has 0 heterocycles. The summed E-state index contributed by atoms with van der Waals surface area (Å²) in [6.45, 7) is 1.01. The Morgan fingerprint density at radius 2 is 1.62 bits per heavy atom. The SMILES string of the molecule is c1ccc(C2CCC2)c(-c2ccc(CNC3CC3)cc2)c1. The molecule has 2 saturated carbocycles. The molecule has 0 saturated heterocycles. The minimum absolute atomic E-state index is 0.781. The van der Waals surface area contributed by atoms with Crippen LogP contribution in [0.4, 0.5) is 0 Å². The van der Waals surface area contributed by atoms with Crippen molar-refractivity contribution >= 4 is 0 Å². The number of benzene rings is 2. The molecule has 0 atom stereocenters. The highest BCUT2D eigenvalue weighted by molar-refractivity contribution is 5.68. The Hall–Kier alpha value is -1.60. The molecule has 0 amide bonds. The van der Waals surface area contributed by atoms with E-state index >= 15 is 0 Å². The van der Waals surface area contributed by atoms with E-state index in [2.05, 4.69) is 53.8 Å². The molecule has 2 aliphatic carbocycles. The van der Waals surface area contributed by atoms with Crippen molar-refractivity contribution in [3.8, 4) is 11.1 Å². The van der Waals surface area contributed by atoms with Gasteiger partial charge in [-0.15, -0.1) is 0 Å².